The molecule has 9 nitrogen and oxygen atoms in total. The average molecular weight is 318 g/mol. The van der Waals surface area contributed by atoms with Crippen molar-refractivity contribution in [1.82, 2.24) is 20.5 Å². The highest BCUT2D eigenvalue weighted by atomic mass is 32.2. The first-order valence-electron chi connectivity index (χ1n) is 6.35. The number of nitrogens with one attached hydrogen (secondary N) is 2. The second-order valence-corrected chi connectivity index (χ2v) is 6.90. The first-order chi connectivity index (χ1) is 9.73. The van der Waals surface area contributed by atoms with Crippen LogP contribution in [0, 0.1) is 0 Å². The number of hydrogen-bond donors (Lipinski definition) is 3. The van der Waals surface area contributed by atoms with E-state index in [2.05, 4.69) is 20.5 Å². The van der Waals surface area contributed by atoms with E-state index in [1.165, 1.54) is 0 Å². The van der Waals surface area contributed by atoms with Gasteiger partial charge >= 0.3 is 5.97 Å². The Hall–Kier alpha value is -1.97. The van der Waals surface area contributed by atoms with E-state index in [4.69, 9.17) is 5.11 Å². The van der Waals surface area contributed by atoms with Gasteiger partial charge in [-0.3, -0.25) is 9.89 Å². The summed E-state index contributed by atoms with van der Waals surface area (Å²) in [6, 6.07) is -1.31. The number of carbonyl (C=O) groups excluding carboxylic acids is 1. The molecule has 3 N–H and O–H groups in total. The number of aryl methyl sites for hydroxylation is 1. The number of aromatic nitrogens is 3. The van der Waals surface area contributed by atoms with E-state index in [9.17, 15) is 18.0 Å². The van der Waals surface area contributed by atoms with E-state index in [0.717, 1.165) is 12.7 Å². The second kappa shape index (κ2) is 7.16. The van der Waals surface area contributed by atoms with Gasteiger partial charge in [-0.1, -0.05) is 6.92 Å². The average Bonchev–Trinajstić information content (AvgIpc) is 2.81. The molecule has 0 spiro atoms. The lowest BCUT2D eigenvalue weighted by molar-refractivity contribution is -0.139. The maximum atomic E-state index is 11.8. The van der Waals surface area contributed by atoms with Gasteiger partial charge in [0.05, 0.1) is 5.75 Å². The number of aliphatic carboxylic acids is 1. The van der Waals surface area contributed by atoms with Crippen LogP contribution in [0.25, 0.3) is 0 Å². The van der Waals surface area contributed by atoms with Crippen molar-refractivity contribution in [3.05, 3.63) is 11.6 Å². The third kappa shape index (κ3) is 5.90. The van der Waals surface area contributed by atoms with Crippen molar-refractivity contribution in [2.75, 3.05) is 12.0 Å². The molecular formula is C11H18N4O5S. The van der Waals surface area contributed by atoms with Crippen LogP contribution in [-0.2, 0) is 21.1 Å². The zero-order chi connectivity index (χ0) is 16.0. The van der Waals surface area contributed by atoms with Crippen molar-refractivity contribution < 1.29 is 23.1 Å². The van der Waals surface area contributed by atoms with E-state index >= 15 is 0 Å². The molecule has 21 heavy (non-hydrogen) atoms. The molecule has 0 aliphatic heterocycles. The quantitative estimate of drug-likeness (QED) is 0.579. The fourth-order valence-corrected chi connectivity index (χ4v) is 2.22. The van der Waals surface area contributed by atoms with Gasteiger partial charge in [-0.15, -0.1) is 5.10 Å². The number of H-pyrrole nitrogens is 1. The Balaban J connectivity index is 2.69. The van der Waals surface area contributed by atoms with Gasteiger partial charge in [0.1, 0.15) is 21.7 Å². The molecular weight excluding hydrogens is 300 g/mol. The van der Waals surface area contributed by atoms with E-state index in [1.54, 1.807) is 0 Å². The summed E-state index contributed by atoms with van der Waals surface area (Å²) in [5.41, 5.74) is 0. The standard InChI is InChI=1S/C11H18N4O5S/c1-3-4-8-13-9(15-14-8)10(16)12-7(11(17)18)5-6-21(2,19)20/h7H,3-6H2,1-2H3,(H,12,16)(H,17,18)(H,13,14,15). The minimum atomic E-state index is -3.31. The van der Waals surface area contributed by atoms with Crippen molar-refractivity contribution >= 4 is 21.7 Å². The highest BCUT2D eigenvalue weighted by Crippen LogP contribution is 2.01. The van der Waals surface area contributed by atoms with Gasteiger partial charge in [0.15, 0.2) is 0 Å². The molecule has 0 fully saturated rings. The fraction of sp³-hybridized carbons (Fsp3) is 0.636. The molecule has 1 heterocycles. The number of carboxylic acids is 1. The molecule has 1 aromatic rings. The summed E-state index contributed by atoms with van der Waals surface area (Å²) in [6.07, 6.45) is 2.23. The van der Waals surface area contributed by atoms with Crippen LogP contribution in [0.1, 0.15) is 36.2 Å². The molecule has 1 aromatic heterocycles. The topological polar surface area (TPSA) is 142 Å². The van der Waals surface area contributed by atoms with Crippen LogP contribution < -0.4 is 5.32 Å². The van der Waals surface area contributed by atoms with E-state index < -0.39 is 27.8 Å². The van der Waals surface area contributed by atoms with Crippen molar-refractivity contribution in [3.8, 4) is 0 Å². The Labute approximate surface area is 122 Å². The Morgan fingerprint density at radius 1 is 1.43 bits per heavy atom. The third-order valence-corrected chi connectivity index (χ3v) is 3.58. The number of nitrogens with zero attached hydrogens (tertiary/aromatic N) is 2. The molecule has 1 amide bonds. The highest BCUT2D eigenvalue weighted by molar-refractivity contribution is 7.90. The van der Waals surface area contributed by atoms with Crippen LogP contribution >= 0.6 is 0 Å². The maximum absolute atomic E-state index is 11.8. The number of aromatic amines is 1. The van der Waals surface area contributed by atoms with Crippen LogP contribution in [0.2, 0.25) is 0 Å². The zero-order valence-electron chi connectivity index (χ0n) is 11.8. The summed E-state index contributed by atoms with van der Waals surface area (Å²) in [5.74, 6) is -2.03. The minimum Gasteiger partial charge on any atom is -0.480 e. The molecule has 0 aromatic carbocycles. The first kappa shape index (κ1) is 17.1. The normalized spacial score (nSPS) is 12.9. The lowest BCUT2D eigenvalue weighted by Gasteiger charge is -2.12. The molecule has 0 saturated heterocycles. The predicted octanol–water partition coefficient (Wildman–Crippen LogP) is -0.625. The fourth-order valence-electron chi connectivity index (χ4n) is 1.56. The summed E-state index contributed by atoms with van der Waals surface area (Å²) in [7, 11) is -3.31. The number of carboxylic acid groups (broad SMARTS) is 1. The van der Waals surface area contributed by atoms with Gasteiger partial charge in [0.25, 0.3) is 5.91 Å². The molecule has 10 heteroatoms. The number of rotatable bonds is 8. The predicted molar refractivity (Wildman–Crippen MR) is 73.6 cm³/mol. The van der Waals surface area contributed by atoms with Crippen molar-refractivity contribution in [3.63, 3.8) is 0 Å². The smallest absolute Gasteiger partial charge is 0.326 e. The summed E-state index contributed by atoms with van der Waals surface area (Å²) in [6.45, 7) is 1.94. The lowest BCUT2D eigenvalue weighted by Crippen LogP contribution is -2.42. The van der Waals surface area contributed by atoms with Gasteiger partial charge < -0.3 is 10.4 Å². The molecule has 0 radical (unpaired) electrons. The van der Waals surface area contributed by atoms with Gasteiger partial charge in [-0.2, -0.15) is 0 Å². The number of hydrogen-bond acceptors (Lipinski definition) is 6. The lowest BCUT2D eigenvalue weighted by atomic mass is 10.2. The Bertz CT molecular complexity index is 610. The molecule has 0 saturated carbocycles. The highest BCUT2D eigenvalue weighted by Gasteiger charge is 2.24. The molecule has 118 valence electrons. The van der Waals surface area contributed by atoms with Gasteiger partial charge in [-0.05, 0) is 12.8 Å². The van der Waals surface area contributed by atoms with Crippen LogP contribution in [0.15, 0.2) is 0 Å². The van der Waals surface area contributed by atoms with Crippen molar-refractivity contribution in [1.29, 1.82) is 0 Å². The van der Waals surface area contributed by atoms with E-state index in [1.807, 2.05) is 6.92 Å². The molecule has 1 unspecified atom stereocenters. The Morgan fingerprint density at radius 2 is 2.10 bits per heavy atom. The van der Waals surface area contributed by atoms with Gasteiger partial charge in [-0.25, -0.2) is 18.2 Å². The molecule has 0 bridgehead atoms. The monoisotopic (exact) mass is 318 g/mol. The zero-order valence-corrected chi connectivity index (χ0v) is 12.6. The summed E-state index contributed by atoms with van der Waals surface area (Å²) < 4.78 is 22.1. The van der Waals surface area contributed by atoms with Crippen molar-refractivity contribution in [2.45, 2.75) is 32.2 Å². The third-order valence-electron chi connectivity index (χ3n) is 2.60. The van der Waals surface area contributed by atoms with Gasteiger partial charge in [0, 0.05) is 12.7 Å². The Kier molecular flexibility index (Phi) is 5.82. The molecule has 1 rings (SSSR count). The number of carbonyl (C=O) groups is 2. The second-order valence-electron chi connectivity index (χ2n) is 4.64. The molecule has 0 aliphatic rings. The van der Waals surface area contributed by atoms with E-state index in [-0.39, 0.29) is 18.0 Å². The van der Waals surface area contributed by atoms with Crippen LogP contribution in [-0.4, -0.2) is 58.6 Å². The van der Waals surface area contributed by atoms with Crippen LogP contribution in [0.5, 0.6) is 0 Å². The maximum Gasteiger partial charge on any atom is 0.326 e. The summed E-state index contributed by atoms with van der Waals surface area (Å²) in [4.78, 5) is 26.8. The molecule has 0 aliphatic carbocycles. The SMILES string of the molecule is CCCc1nc(C(=O)NC(CCS(C)(=O)=O)C(=O)O)n[nH]1. The summed E-state index contributed by atoms with van der Waals surface area (Å²) in [5, 5.41) is 17.5. The largest absolute Gasteiger partial charge is 0.480 e. The minimum absolute atomic E-state index is 0.163. The molecule has 1 atom stereocenters. The van der Waals surface area contributed by atoms with Crippen LogP contribution in [0.3, 0.4) is 0 Å². The Morgan fingerprint density at radius 3 is 2.62 bits per heavy atom. The van der Waals surface area contributed by atoms with E-state index in [0.29, 0.717) is 12.2 Å². The number of amides is 1. The first-order valence-corrected chi connectivity index (χ1v) is 8.41. The van der Waals surface area contributed by atoms with Crippen molar-refractivity contribution in [2.24, 2.45) is 0 Å². The summed E-state index contributed by atoms with van der Waals surface area (Å²) >= 11 is 0. The number of sulfone groups is 1. The van der Waals surface area contributed by atoms with Crippen LogP contribution in [0.4, 0.5) is 0 Å². The van der Waals surface area contributed by atoms with Gasteiger partial charge in [0.2, 0.25) is 5.82 Å².